The summed E-state index contributed by atoms with van der Waals surface area (Å²) in [6.45, 7) is 15.7. The number of fused-ring (bicyclic) bond motifs is 7. The van der Waals surface area contributed by atoms with E-state index >= 15 is 9.59 Å². The van der Waals surface area contributed by atoms with Gasteiger partial charge in [-0.2, -0.15) is 0 Å². The van der Waals surface area contributed by atoms with Gasteiger partial charge in [-0.3, -0.25) is 67.3 Å². The molecule has 4 rings (SSSR count). The van der Waals surface area contributed by atoms with Gasteiger partial charge in [-0.05, 0) is 82.0 Å². The summed E-state index contributed by atoms with van der Waals surface area (Å²) in [5, 5.41) is 50.3. The van der Waals surface area contributed by atoms with Crippen LogP contribution in [0.15, 0.2) is 4.99 Å². The molecule has 35 heteroatoms. The molecule has 542 valence electrons. The summed E-state index contributed by atoms with van der Waals surface area (Å²) in [5.74, 6) is -14.4. The van der Waals surface area contributed by atoms with Crippen LogP contribution >= 0.6 is 21.6 Å². The number of aliphatic imine (C=N–C) groups is 1. The van der Waals surface area contributed by atoms with Gasteiger partial charge in [0.1, 0.15) is 78.5 Å². The molecule has 33 nitrogen and oxygen atoms in total. The third-order valence-electron chi connectivity index (χ3n) is 17.8. The average Bonchev–Trinajstić information content (AvgIpc) is 1.74. The lowest BCUT2D eigenvalue weighted by atomic mass is 9.87. The summed E-state index contributed by atoms with van der Waals surface area (Å²) in [7, 11) is 1.84. The van der Waals surface area contributed by atoms with E-state index in [1.165, 1.54) is 9.80 Å². The molecule has 4 saturated heterocycles. The Balaban J connectivity index is 2.00. The predicted octanol–water partition coefficient (Wildman–Crippen LogP) is -4.98. The second kappa shape index (κ2) is 37.6. The van der Waals surface area contributed by atoms with E-state index in [1.54, 1.807) is 55.4 Å². The van der Waals surface area contributed by atoms with Gasteiger partial charge < -0.3 is 101 Å². The quantitative estimate of drug-likeness (QED) is 0.0316. The summed E-state index contributed by atoms with van der Waals surface area (Å²) < 4.78 is -1.49. The molecule has 0 unspecified atom stereocenters. The largest absolute Gasteiger partial charge is 0.394 e. The molecular formula is C61H106N18O15S2. The van der Waals surface area contributed by atoms with Crippen LogP contribution in [0.4, 0.5) is 0 Å². The van der Waals surface area contributed by atoms with Crippen LogP contribution in [0.2, 0.25) is 0 Å². The van der Waals surface area contributed by atoms with Crippen LogP contribution in [0.3, 0.4) is 0 Å². The maximum Gasteiger partial charge on any atom is 0.246 e. The zero-order valence-corrected chi connectivity index (χ0v) is 58.8. The van der Waals surface area contributed by atoms with E-state index in [2.05, 4.69) is 63.5 Å². The zero-order valence-electron chi connectivity index (χ0n) is 57.1. The monoisotopic (exact) mass is 1390 g/mol. The lowest BCUT2D eigenvalue weighted by molar-refractivity contribution is -0.148. The van der Waals surface area contributed by atoms with Gasteiger partial charge in [-0.15, -0.1) is 0 Å². The Kier molecular flexibility index (Phi) is 31.9. The molecule has 13 amide bonds. The molecule has 0 aromatic rings. The molecule has 21 N–H and O–H groups in total. The van der Waals surface area contributed by atoms with Crippen LogP contribution in [0.1, 0.15) is 140 Å². The highest BCUT2D eigenvalue weighted by Crippen LogP contribution is 2.39. The summed E-state index contributed by atoms with van der Waals surface area (Å²) in [5.41, 5.74) is 22.5. The Hall–Kier alpha value is -7.08. The SMILES string of the molecule is CC[C@H](C)[C@@H]1NC(=O)[C@H](CN)NC(=O)[C@H](CN)NC(=O)[C@H]([C@@H](C)CC)NC(=O)[C@H]2NC(=O)[C@H]([C@@H](C)CC)NC(=O)[C@@H]3CCCN3C(=O)[C@@H]3CCCN3C(=O)[C@H](CC(C)(C)C)NC(=O)[C@H](CO)NC(=O)[C@H](CCCN=C(N)N)NC(=O)[C@H](CO)NC(=O)[C@H](CSSC2(C)C)NC1=O. The minimum Gasteiger partial charge on any atom is -0.394 e. The lowest BCUT2D eigenvalue weighted by Gasteiger charge is -2.37. The van der Waals surface area contributed by atoms with Gasteiger partial charge in [0.15, 0.2) is 5.96 Å². The Morgan fingerprint density at radius 1 is 0.531 bits per heavy atom. The van der Waals surface area contributed by atoms with Crippen molar-refractivity contribution in [3.63, 3.8) is 0 Å². The van der Waals surface area contributed by atoms with Crippen LogP contribution in [-0.4, -0.2) is 238 Å². The molecule has 4 fully saturated rings. The van der Waals surface area contributed by atoms with Gasteiger partial charge in [-0.1, -0.05) is 103 Å². The van der Waals surface area contributed by atoms with Crippen molar-refractivity contribution in [2.45, 2.75) is 224 Å². The molecule has 0 aromatic carbocycles. The summed E-state index contributed by atoms with van der Waals surface area (Å²) in [6, 6.07) is -19.4. The van der Waals surface area contributed by atoms with Crippen LogP contribution in [0.5, 0.6) is 0 Å². The minimum absolute atomic E-state index is 0.00132. The number of guanidine groups is 1. The topological polar surface area (TPSA) is 518 Å². The van der Waals surface area contributed by atoms with Gasteiger partial charge >= 0.3 is 0 Å². The maximum absolute atomic E-state index is 15.2. The fraction of sp³-hybridized carbons (Fsp3) is 0.770. The first-order chi connectivity index (χ1) is 45.1. The number of aliphatic hydroxyl groups is 2. The highest BCUT2D eigenvalue weighted by Gasteiger charge is 2.48. The highest BCUT2D eigenvalue weighted by atomic mass is 33.1. The number of carbonyl (C=O) groups excluding carboxylic acids is 13. The van der Waals surface area contributed by atoms with Gasteiger partial charge in [0, 0.05) is 43.2 Å². The normalized spacial score (nSPS) is 29.9. The van der Waals surface area contributed by atoms with Crippen LogP contribution in [0.25, 0.3) is 0 Å². The first-order valence-electron chi connectivity index (χ1n) is 33.0. The van der Waals surface area contributed by atoms with Crippen molar-refractivity contribution in [3.05, 3.63) is 0 Å². The molecular weight excluding hydrogens is 1290 g/mol. The molecule has 4 heterocycles. The second-order valence-corrected chi connectivity index (χ2v) is 29.9. The van der Waals surface area contributed by atoms with Crippen LogP contribution in [-0.2, 0) is 62.3 Å². The molecule has 0 aromatic heterocycles. The number of hydrogen-bond donors (Lipinski definition) is 17. The third kappa shape index (κ3) is 22.8. The van der Waals surface area contributed by atoms with Crippen molar-refractivity contribution in [2.24, 2.45) is 51.1 Å². The van der Waals surface area contributed by atoms with E-state index < -0.39 is 215 Å². The van der Waals surface area contributed by atoms with Crippen molar-refractivity contribution in [3.8, 4) is 0 Å². The first-order valence-corrected chi connectivity index (χ1v) is 35.4. The van der Waals surface area contributed by atoms with E-state index in [9.17, 15) is 63.0 Å². The van der Waals surface area contributed by atoms with Crippen molar-refractivity contribution < 1.29 is 72.5 Å². The van der Waals surface area contributed by atoms with E-state index in [4.69, 9.17) is 22.9 Å². The fourth-order valence-electron chi connectivity index (χ4n) is 11.4. The average molecular weight is 1400 g/mol. The smallest absolute Gasteiger partial charge is 0.246 e. The number of nitrogens with zero attached hydrogens (tertiary/aromatic N) is 3. The van der Waals surface area contributed by atoms with Gasteiger partial charge in [0.2, 0.25) is 76.8 Å². The van der Waals surface area contributed by atoms with Gasteiger partial charge in [0.25, 0.3) is 0 Å². The number of aliphatic hydroxyl groups excluding tert-OH is 2. The second-order valence-electron chi connectivity index (χ2n) is 26.9. The Morgan fingerprint density at radius 2 is 0.938 bits per heavy atom. The summed E-state index contributed by atoms with van der Waals surface area (Å²) >= 11 is 0. The first kappa shape index (κ1) is 81.3. The molecule has 16 atom stereocenters. The molecule has 0 spiro atoms. The number of amides is 13. The van der Waals surface area contributed by atoms with E-state index in [-0.39, 0.29) is 64.1 Å². The Morgan fingerprint density at radius 3 is 1.44 bits per heavy atom. The highest BCUT2D eigenvalue weighted by molar-refractivity contribution is 8.77. The molecule has 0 saturated carbocycles. The predicted molar refractivity (Wildman–Crippen MR) is 359 cm³/mol. The van der Waals surface area contributed by atoms with Gasteiger partial charge in [0.05, 0.1) is 13.2 Å². The van der Waals surface area contributed by atoms with Crippen molar-refractivity contribution >= 4 is 104 Å². The molecule has 2 bridgehead atoms. The number of rotatable bonds is 15. The Labute approximate surface area is 569 Å². The minimum atomic E-state index is -1.89. The third-order valence-corrected chi connectivity index (χ3v) is 21.1. The number of hydrogen-bond acceptors (Lipinski definition) is 20. The van der Waals surface area contributed by atoms with Gasteiger partial charge in [-0.25, -0.2) is 0 Å². The van der Waals surface area contributed by atoms with Crippen LogP contribution in [0, 0.1) is 23.2 Å². The maximum atomic E-state index is 15.2. The molecule has 0 aliphatic carbocycles. The fourth-order valence-corrected chi connectivity index (χ4v) is 14.2. The van der Waals surface area contributed by atoms with Crippen molar-refractivity contribution in [1.29, 1.82) is 0 Å². The van der Waals surface area contributed by atoms with E-state index in [0.717, 1.165) is 21.6 Å². The molecule has 0 radical (unpaired) electrons. The zero-order chi connectivity index (χ0) is 72.1. The Bertz CT molecular complexity index is 2810. The molecule has 4 aliphatic heterocycles. The number of nitrogens with two attached hydrogens (primary N) is 4. The summed E-state index contributed by atoms with van der Waals surface area (Å²) in [4.78, 5) is 197. The number of nitrogens with one attached hydrogen (secondary N) is 11. The standard InChI is InChI=1S/C61H106N18O15S2/c1-12-30(4)42-54(90)73-39-29-95-96-61(10,11)45(56(92)76-43(31(5)13-2)53(89)70-35(25-62)47(83)69-36(26-63)48(84)74-42)77-55(91)44(32(6)14-3)75-52(88)40-19-16-22-78(40)58(94)41-20-17-23-79(41)57(93)34(24-60(7,8)9)68-50(86)38(28-81)71-46(82)33(18-15-21-66-59(64)65)67-49(85)37(27-80)72-51(39)87/h30-45,80-81H,12-29,62-63H2,1-11H3,(H,67,85)(H,68,86)(H,69,83)(H,70,89)(H,71,82)(H,72,87)(H,73,90)(H,74,84)(H,75,88)(H,76,92)(H,77,91)(H4,64,65,66)/t30-,31-,32-,33-,34-,35-,36-,37-,38-,39-,40-,41-,42-,43-,44-,45+/m0/s1. The van der Waals surface area contributed by atoms with E-state index in [0.29, 0.717) is 25.7 Å². The number of carbonyl (C=O) groups is 13. The summed E-state index contributed by atoms with van der Waals surface area (Å²) in [6.07, 6.45) is 1.73. The lowest BCUT2D eigenvalue weighted by Crippen LogP contribution is -2.65. The van der Waals surface area contributed by atoms with Crippen molar-refractivity contribution in [2.75, 3.05) is 51.7 Å². The van der Waals surface area contributed by atoms with Crippen molar-refractivity contribution in [1.82, 2.24) is 68.3 Å². The van der Waals surface area contributed by atoms with Crippen LogP contribution < -0.4 is 81.4 Å². The molecule has 4 aliphatic rings. The molecule has 96 heavy (non-hydrogen) atoms. The van der Waals surface area contributed by atoms with E-state index in [1.807, 2.05) is 20.8 Å².